The van der Waals surface area contributed by atoms with Crippen LogP contribution in [0, 0.1) is 11.8 Å². The molecular weight excluding hydrogens is 418 g/mol. The molecule has 4 rings (SSSR count). The van der Waals surface area contributed by atoms with Gasteiger partial charge in [-0.15, -0.1) is 0 Å². The number of ether oxygens (including phenoxy) is 1. The molecule has 0 spiro atoms. The Bertz CT molecular complexity index is 1140. The number of hydrogen-bond donors (Lipinski definition) is 3. The molecule has 0 bridgehead atoms. The average molecular weight is 440 g/mol. The van der Waals surface area contributed by atoms with Gasteiger partial charge in [-0.05, 0) is 60.4 Å². The minimum Gasteiger partial charge on any atom is -0.481 e. The van der Waals surface area contributed by atoms with Crippen LogP contribution in [-0.4, -0.2) is 41.5 Å². The van der Waals surface area contributed by atoms with E-state index in [4.69, 9.17) is 4.74 Å². The molecule has 3 N–H and O–H groups in total. The predicted octanol–water partition coefficient (Wildman–Crippen LogP) is 2.97. The van der Waals surface area contributed by atoms with Crippen molar-refractivity contribution in [1.29, 1.82) is 0 Å². The minimum atomic E-state index is -0.701. The molecule has 9 heteroatoms. The zero-order valence-corrected chi connectivity index (χ0v) is 17.4. The summed E-state index contributed by atoms with van der Waals surface area (Å²) in [4.78, 5) is 31.0. The van der Waals surface area contributed by atoms with Crippen LogP contribution in [0.5, 0.6) is 5.88 Å². The van der Waals surface area contributed by atoms with Gasteiger partial charge in [0, 0.05) is 24.7 Å². The number of carbonyl (C=O) groups excluding carboxylic acids is 2. The van der Waals surface area contributed by atoms with Gasteiger partial charge in [-0.3, -0.25) is 9.59 Å². The van der Waals surface area contributed by atoms with E-state index in [1.807, 2.05) is 0 Å². The van der Waals surface area contributed by atoms with E-state index < -0.39 is 12.0 Å². The fraction of sp³-hybridized carbons (Fsp3) is 0.261. The maximum Gasteiger partial charge on any atom is 0.242 e. The van der Waals surface area contributed by atoms with Crippen LogP contribution in [0.4, 0.5) is 8.78 Å². The summed E-state index contributed by atoms with van der Waals surface area (Å²) >= 11 is 0. The lowest BCUT2D eigenvalue weighted by molar-refractivity contribution is -0.127. The van der Waals surface area contributed by atoms with Crippen molar-refractivity contribution in [2.24, 2.45) is 0 Å². The predicted molar refractivity (Wildman–Crippen MR) is 114 cm³/mol. The Morgan fingerprint density at radius 1 is 1.22 bits per heavy atom. The summed E-state index contributed by atoms with van der Waals surface area (Å²) in [5.41, 5.74) is 2.83. The molecule has 1 saturated heterocycles. The van der Waals surface area contributed by atoms with Crippen molar-refractivity contribution in [3.8, 4) is 28.4 Å². The first-order chi connectivity index (χ1) is 15.4. The first kappa shape index (κ1) is 21.5. The number of nitrogens with zero attached hydrogens (tertiary/aromatic N) is 1. The van der Waals surface area contributed by atoms with Crippen LogP contribution < -0.4 is 15.4 Å². The average Bonchev–Trinajstić information content (AvgIpc) is 3.39. The lowest BCUT2D eigenvalue weighted by Gasteiger charge is -2.10. The Hall–Kier alpha value is -3.75. The molecule has 166 valence electrons. The molecule has 32 heavy (non-hydrogen) atoms. The molecule has 1 atom stereocenters. The summed E-state index contributed by atoms with van der Waals surface area (Å²) in [6.45, 7) is 0.543. The van der Waals surface area contributed by atoms with Gasteiger partial charge < -0.3 is 20.4 Å². The summed E-state index contributed by atoms with van der Waals surface area (Å²) in [7, 11) is 1.40. The lowest BCUT2D eigenvalue weighted by atomic mass is 10.0. The number of carbonyl (C=O) groups is 2. The second-order valence-electron chi connectivity index (χ2n) is 7.48. The van der Waals surface area contributed by atoms with Crippen molar-refractivity contribution in [3.05, 3.63) is 59.8 Å². The van der Waals surface area contributed by atoms with E-state index in [-0.39, 0.29) is 35.5 Å². The number of pyridine rings is 1. The van der Waals surface area contributed by atoms with E-state index in [0.29, 0.717) is 36.3 Å². The van der Waals surface area contributed by atoms with E-state index in [2.05, 4.69) is 20.6 Å². The molecule has 3 aromatic rings. The second kappa shape index (κ2) is 9.17. The third-order valence-electron chi connectivity index (χ3n) is 5.36. The monoisotopic (exact) mass is 440 g/mol. The summed E-state index contributed by atoms with van der Waals surface area (Å²) in [6.07, 6.45) is 1.04. The van der Waals surface area contributed by atoms with Gasteiger partial charge in [0.15, 0.2) is 0 Å². The number of aromatic nitrogens is 2. The third kappa shape index (κ3) is 4.61. The molecule has 1 aliphatic rings. The van der Waals surface area contributed by atoms with E-state index in [1.54, 1.807) is 30.3 Å². The Kier molecular flexibility index (Phi) is 6.16. The number of amides is 2. The van der Waals surface area contributed by atoms with E-state index in [0.717, 1.165) is 5.56 Å². The number of methoxy groups -OCH3 is 1. The fourth-order valence-corrected chi connectivity index (χ4v) is 3.69. The number of aromatic amines is 1. The molecule has 2 amide bonds. The normalized spacial score (nSPS) is 15.5. The van der Waals surface area contributed by atoms with Crippen molar-refractivity contribution >= 4 is 11.8 Å². The summed E-state index contributed by atoms with van der Waals surface area (Å²) in [5.74, 6) is -1.35. The molecule has 1 aromatic carbocycles. The van der Waals surface area contributed by atoms with Crippen LogP contribution in [0.15, 0.2) is 42.5 Å². The van der Waals surface area contributed by atoms with Crippen molar-refractivity contribution in [1.82, 2.24) is 20.6 Å². The highest BCUT2D eigenvalue weighted by Gasteiger charge is 2.25. The highest BCUT2D eigenvalue weighted by Crippen LogP contribution is 2.31. The number of H-pyrrole nitrogens is 1. The number of nitrogens with one attached hydrogen (secondary N) is 3. The first-order valence-corrected chi connectivity index (χ1v) is 10.2. The minimum absolute atomic E-state index is 0.138. The molecule has 2 aromatic heterocycles. The Morgan fingerprint density at radius 3 is 2.66 bits per heavy atom. The van der Waals surface area contributed by atoms with Crippen molar-refractivity contribution in [2.45, 2.75) is 25.3 Å². The molecule has 0 saturated carbocycles. The van der Waals surface area contributed by atoms with Crippen LogP contribution in [0.25, 0.3) is 22.5 Å². The van der Waals surface area contributed by atoms with Crippen molar-refractivity contribution < 1.29 is 23.1 Å². The zero-order chi connectivity index (χ0) is 22.7. The maximum atomic E-state index is 14.5. The van der Waals surface area contributed by atoms with Crippen molar-refractivity contribution in [3.63, 3.8) is 0 Å². The van der Waals surface area contributed by atoms with Crippen LogP contribution >= 0.6 is 0 Å². The molecule has 3 heterocycles. The number of hydrogen-bond acceptors (Lipinski definition) is 4. The van der Waals surface area contributed by atoms with Gasteiger partial charge in [-0.2, -0.15) is 9.37 Å². The smallest absolute Gasteiger partial charge is 0.242 e. The van der Waals surface area contributed by atoms with Gasteiger partial charge in [0.25, 0.3) is 0 Å². The van der Waals surface area contributed by atoms with Gasteiger partial charge in [0.05, 0.1) is 18.4 Å². The van der Waals surface area contributed by atoms with Crippen LogP contribution in [0.1, 0.15) is 18.4 Å². The first-order valence-electron chi connectivity index (χ1n) is 10.2. The molecular formula is C23H22F2N4O3. The Balaban J connectivity index is 1.60. The number of aryl methyl sites for hydroxylation is 1. The summed E-state index contributed by atoms with van der Waals surface area (Å²) < 4.78 is 32.9. The number of halogens is 2. The quantitative estimate of drug-likeness (QED) is 0.492. The van der Waals surface area contributed by atoms with Crippen LogP contribution in [0.2, 0.25) is 0 Å². The maximum absolute atomic E-state index is 14.5. The highest BCUT2D eigenvalue weighted by atomic mass is 19.1. The molecule has 7 nitrogen and oxygen atoms in total. The van der Waals surface area contributed by atoms with Gasteiger partial charge in [0.2, 0.25) is 23.6 Å². The van der Waals surface area contributed by atoms with E-state index >= 15 is 0 Å². The second-order valence-corrected chi connectivity index (χ2v) is 7.48. The Labute approximate surface area is 183 Å². The molecule has 0 aliphatic carbocycles. The van der Waals surface area contributed by atoms with E-state index in [1.165, 1.54) is 19.2 Å². The van der Waals surface area contributed by atoms with Crippen LogP contribution in [0.3, 0.4) is 0 Å². The largest absolute Gasteiger partial charge is 0.481 e. The standard InChI is InChI=1S/C23H22F2N4O3/c1-32-20-9-7-16(22(25)29-20)18-12-14(21(28-18)13-2-5-15(24)6-3-13)4-8-19(30)27-17-10-11-26-23(17)31/h2-3,5-7,9,12,17,28H,4,8,10-11H2,1H3,(H,26,31)(H,27,30). The Morgan fingerprint density at radius 2 is 2.00 bits per heavy atom. The van der Waals surface area contributed by atoms with Gasteiger partial charge in [-0.25, -0.2) is 4.39 Å². The molecule has 1 aliphatic heterocycles. The summed E-state index contributed by atoms with van der Waals surface area (Å²) in [6, 6.07) is 10.2. The van der Waals surface area contributed by atoms with Crippen molar-refractivity contribution in [2.75, 3.05) is 13.7 Å². The fourth-order valence-electron chi connectivity index (χ4n) is 3.69. The van der Waals surface area contributed by atoms with E-state index in [9.17, 15) is 18.4 Å². The topological polar surface area (TPSA) is 96.1 Å². The summed E-state index contributed by atoms with van der Waals surface area (Å²) in [5, 5.41) is 5.41. The number of rotatable bonds is 7. The third-order valence-corrected chi connectivity index (χ3v) is 5.36. The molecule has 0 radical (unpaired) electrons. The zero-order valence-electron chi connectivity index (χ0n) is 17.4. The van der Waals surface area contributed by atoms with Gasteiger partial charge >= 0.3 is 0 Å². The molecule has 1 fully saturated rings. The highest BCUT2D eigenvalue weighted by molar-refractivity contribution is 5.89. The SMILES string of the molecule is COc1ccc(-c2cc(CCC(=O)NC3CCNC3=O)c(-c3ccc(F)cc3)[nH]2)c(F)n1. The number of benzene rings is 1. The van der Waals surface area contributed by atoms with Gasteiger partial charge in [-0.1, -0.05) is 0 Å². The molecule has 1 unspecified atom stereocenters. The van der Waals surface area contributed by atoms with Crippen LogP contribution in [-0.2, 0) is 16.0 Å². The van der Waals surface area contributed by atoms with Gasteiger partial charge in [0.1, 0.15) is 11.9 Å². The lowest BCUT2D eigenvalue weighted by Crippen LogP contribution is -2.40.